The fraction of sp³-hybridized carbons (Fsp3) is 0.375. The molecule has 0 amide bonds. The van der Waals surface area contributed by atoms with E-state index in [0.29, 0.717) is 15.7 Å². The van der Waals surface area contributed by atoms with E-state index >= 15 is 0 Å². The summed E-state index contributed by atoms with van der Waals surface area (Å²) in [4.78, 5) is 18.7. The van der Waals surface area contributed by atoms with Gasteiger partial charge in [0.1, 0.15) is 5.03 Å². The molecule has 16 heavy (non-hydrogen) atoms. The van der Waals surface area contributed by atoms with Crippen LogP contribution in [0.5, 0.6) is 0 Å². The molecule has 1 aromatic rings. The number of ether oxygens (including phenoxy) is 1. The number of methoxy groups -OCH3 is 1. The van der Waals surface area contributed by atoms with Crippen molar-refractivity contribution in [3.05, 3.63) is 10.7 Å². The number of hydrogen-bond donors (Lipinski definition) is 1. The second-order valence-corrected chi connectivity index (χ2v) is 3.99. The molecule has 0 bridgehead atoms. The fourth-order valence-electron chi connectivity index (χ4n) is 0.836. The highest BCUT2D eigenvalue weighted by atomic mass is 35.5. The Balaban J connectivity index is 0.00000225. The van der Waals surface area contributed by atoms with Crippen molar-refractivity contribution < 1.29 is 9.53 Å². The highest BCUT2D eigenvalue weighted by Crippen LogP contribution is 2.27. The molecule has 2 N–H and O–H groups in total. The van der Waals surface area contributed by atoms with Crippen LogP contribution in [0.2, 0.25) is 5.02 Å². The maximum absolute atomic E-state index is 10.9. The number of thioether (sulfide) groups is 1. The number of carbonyl (C=O) groups excluding carboxylic acids is 1. The van der Waals surface area contributed by atoms with Gasteiger partial charge < -0.3 is 10.5 Å². The molecule has 0 saturated heterocycles. The average molecular weight is 284 g/mol. The summed E-state index contributed by atoms with van der Waals surface area (Å²) in [5.74, 6) is -0.0540. The van der Waals surface area contributed by atoms with Crippen molar-refractivity contribution in [2.75, 3.05) is 18.6 Å². The SMILES string of the molecule is COC(=O)CSc1nc(N)nc(C)c1Cl.Cl. The van der Waals surface area contributed by atoms with Crippen molar-refractivity contribution in [3.8, 4) is 0 Å². The minimum atomic E-state index is -0.342. The average Bonchev–Trinajstić information content (AvgIpc) is 2.20. The highest BCUT2D eigenvalue weighted by molar-refractivity contribution is 8.00. The van der Waals surface area contributed by atoms with Crippen molar-refractivity contribution in [2.24, 2.45) is 0 Å². The van der Waals surface area contributed by atoms with Gasteiger partial charge >= 0.3 is 5.97 Å². The van der Waals surface area contributed by atoms with E-state index in [0.717, 1.165) is 0 Å². The van der Waals surface area contributed by atoms with Gasteiger partial charge in [0.15, 0.2) is 0 Å². The number of carbonyl (C=O) groups is 1. The lowest BCUT2D eigenvalue weighted by Crippen LogP contribution is -2.05. The Kier molecular flexibility index (Phi) is 6.47. The number of aromatic nitrogens is 2. The molecule has 90 valence electrons. The number of nitrogens with zero attached hydrogens (tertiary/aromatic N) is 2. The van der Waals surface area contributed by atoms with E-state index in [9.17, 15) is 4.79 Å². The number of esters is 1. The molecular formula is C8H11Cl2N3O2S. The number of anilines is 1. The minimum absolute atomic E-state index is 0. The molecule has 0 unspecified atom stereocenters. The molecule has 8 heteroatoms. The van der Waals surface area contributed by atoms with Gasteiger partial charge in [-0.05, 0) is 6.92 Å². The smallest absolute Gasteiger partial charge is 0.316 e. The van der Waals surface area contributed by atoms with E-state index in [2.05, 4.69) is 14.7 Å². The molecule has 0 atom stereocenters. The van der Waals surface area contributed by atoms with Crippen LogP contribution < -0.4 is 5.73 Å². The Morgan fingerprint density at radius 3 is 2.75 bits per heavy atom. The largest absolute Gasteiger partial charge is 0.468 e. The summed E-state index contributed by atoms with van der Waals surface area (Å²) in [6.45, 7) is 1.72. The molecule has 0 aliphatic heterocycles. The molecule has 0 spiro atoms. The summed E-state index contributed by atoms with van der Waals surface area (Å²) in [7, 11) is 1.32. The first kappa shape index (κ1) is 15.3. The summed E-state index contributed by atoms with van der Waals surface area (Å²) >= 11 is 7.11. The summed E-state index contributed by atoms with van der Waals surface area (Å²) in [5.41, 5.74) is 6.05. The first-order valence-corrected chi connectivity index (χ1v) is 5.40. The summed E-state index contributed by atoms with van der Waals surface area (Å²) in [6, 6.07) is 0. The van der Waals surface area contributed by atoms with Crippen LogP contribution in [0.4, 0.5) is 5.95 Å². The van der Waals surface area contributed by atoms with E-state index in [-0.39, 0.29) is 30.1 Å². The standard InChI is InChI=1S/C8H10ClN3O2S.ClH/c1-4-6(9)7(12-8(10)11-4)15-3-5(13)14-2;/h3H2,1-2H3,(H2,10,11,12);1H. The van der Waals surface area contributed by atoms with Crippen LogP contribution in [0.25, 0.3) is 0 Å². The molecule has 0 fully saturated rings. The monoisotopic (exact) mass is 283 g/mol. The predicted molar refractivity (Wildman–Crippen MR) is 66.2 cm³/mol. The zero-order valence-electron chi connectivity index (χ0n) is 8.69. The highest BCUT2D eigenvalue weighted by Gasteiger charge is 2.11. The Hall–Kier alpha value is -0.720. The Bertz CT molecular complexity index is 390. The molecule has 0 aliphatic rings. The number of nitrogens with two attached hydrogens (primary N) is 1. The molecule has 0 aromatic carbocycles. The third-order valence-corrected chi connectivity index (χ3v) is 3.07. The number of rotatable bonds is 3. The number of hydrogen-bond acceptors (Lipinski definition) is 6. The van der Waals surface area contributed by atoms with Crippen LogP contribution >= 0.6 is 35.8 Å². The van der Waals surface area contributed by atoms with E-state index in [1.165, 1.54) is 18.9 Å². The molecule has 5 nitrogen and oxygen atoms in total. The van der Waals surface area contributed by atoms with Gasteiger partial charge in [0, 0.05) is 0 Å². The molecule has 0 saturated carbocycles. The zero-order chi connectivity index (χ0) is 11.4. The van der Waals surface area contributed by atoms with Crippen LogP contribution in [0, 0.1) is 6.92 Å². The van der Waals surface area contributed by atoms with Gasteiger partial charge in [0.2, 0.25) is 5.95 Å². The number of aryl methyl sites for hydroxylation is 1. The second-order valence-electron chi connectivity index (χ2n) is 2.65. The molecular weight excluding hydrogens is 273 g/mol. The third-order valence-electron chi connectivity index (χ3n) is 1.56. The Labute approximate surface area is 109 Å². The van der Waals surface area contributed by atoms with Crippen LogP contribution in [0.3, 0.4) is 0 Å². The summed E-state index contributed by atoms with van der Waals surface area (Å²) in [5, 5.41) is 0.908. The maximum atomic E-state index is 10.9. The van der Waals surface area contributed by atoms with Gasteiger partial charge in [0.05, 0.1) is 23.6 Å². The minimum Gasteiger partial charge on any atom is -0.468 e. The topological polar surface area (TPSA) is 78.1 Å². The summed E-state index contributed by atoms with van der Waals surface area (Å²) < 4.78 is 4.49. The van der Waals surface area contributed by atoms with Crippen LogP contribution in [-0.4, -0.2) is 28.8 Å². The molecule has 1 heterocycles. The lowest BCUT2D eigenvalue weighted by atomic mass is 10.4. The molecule has 0 radical (unpaired) electrons. The van der Waals surface area contributed by atoms with Gasteiger partial charge in [-0.1, -0.05) is 23.4 Å². The van der Waals surface area contributed by atoms with Gasteiger partial charge in [-0.15, -0.1) is 12.4 Å². The van der Waals surface area contributed by atoms with Gasteiger partial charge in [0.25, 0.3) is 0 Å². The Morgan fingerprint density at radius 2 is 2.19 bits per heavy atom. The summed E-state index contributed by atoms with van der Waals surface area (Å²) in [6.07, 6.45) is 0. The second kappa shape index (κ2) is 6.78. The van der Waals surface area contributed by atoms with Gasteiger partial charge in [-0.25, -0.2) is 9.97 Å². The van der Waals surface area contributed by atoms with Crippen LogP contribution in [0.1, 0.15) is 5.69 Å². The van der Waals surface area contributed by atoms with Crippen molar-refractivity contribution in [1.82, 2.24) is 9.97 Å². The van der Waals surface area contributed by atoms with E-state index in [4.69, 9.17) is 17.3 Å². The molecule has 0 aliphatic carbocycles. The lowest BCUT2D eigenvalue weighted by Gasteiger charge is -2.05. The van der Waals surface area contributed by atoms with Crippen molar-refractivity contribution in [3.63, 3.8) is 0 Å². The van der Waals surface area contributed by atoms with E-state index in [1.54, 1.807) is 6.92 Å². The third kappa shape index (κ3) is 4.03. The first-order chi connectivity index (χ1) is 7.04. The number of nitrogen functional groups attached to an aromatic ring is 1. The Morgan fingerprint density at radius 1 is 1.56 bits per heavy atom. The normalized spacial score (nSPS) is 9.44. The lowest BCUT2D eigenvalue weighted by molar-refractivity contribution is -0.137. The predicted octanol–water partition coefficient (Wildman–Crippen LogP) is 1.71. The van der Waals surface area contributed by atoms with Gasteiger partial charge in [-0.2, -0.15) is 0 Å². The quantitative estimate of drug-likeness (QED) is 0.517. The maximum Gasteiger partial charge on any atom is 0.316 e. The van der Waals surface area contributed by atoms with E-state index < -0.39 is 0 Å². The van der Waals surface area contributed by atoms with Crippen molar-refractivity contribution in [1.29, 1.82) is 0 Å². The molecule has 1 rings (SSSR count). The zero-order valence-corrected chi connectivity index (χ0v) is 11.1. The van der Waals surface area contributed by atoms with Crippen LogP contribution in [-0.2, 0) is 9.53 Å². The van der Waals surface area contributed by atoms with Crippen molar-refractivity contribution >= 4 is 47.7 Å². The number of halogens is 2. The first-order valence-electron chi connectivity index (χ1n) is 4.03. The van der Waals surface area contributed by atoms with Crippen LogP contribution in [0.15, 0.2) is 5.03 Å². The molecule has 1 aromatic heterocycles. The van der Waals surface area contributed by atoms with Gasteiger partial charge in [-0.3, -0.25) is 4.79 Å². The van der Waals surface area contributed by atoms with E-state index in [1.807, 2.05) is 0 Å². The fourth-order valence-corrected chi connectivity index (χ4v) is 1.89. The van der Waals surface area contributed by atoms with Crippen molar-refractivity contribution in [2.45, 2.75) is 11.9 Å².